The van der Waals surface area contributed by atoms with Crippen LogP contribution in [0, 0.1) is 20.2 Å². The molecular formula is C14H7N3O7S. The Bertz CT molecular complexity index is 962. The van der Waals surface area contributed by atoms with Crippen molar-refractivity contribution in [3.05, 3.63) is 62.2 Å². The summed E-state index contributed by atoms with van der Waals surface area (Å²) in [5, 5.41) is 31.4. The van der Waals surface area contributed by atoms with Gasteiger partial charge >= 0.3 is 5.97 Å². The number of aromatic carboxylic acids is 1. The molecule has 0 fully saturated rings. The molecule has 25 heavy (non-hydrogen) atoms. The second kappa shape index (κ2) is 6.20. The molecule has 0 aliphatic rings. The van der Waals surface area contributed by atoms with E-state index in [9.17, 15) is 30.1 Å². The van der Waals surface area contributed by atoms with Gasteiger partial charge in [-0.3, -0.25) is 20.2 Å². The summed E-state index contributed by atoms with van der Waals surface area (Å²) in [6.07, 6.45) is 0. The lowest BCUT2D eigenvalue weighted by atomic mass is 10.1. The summed E-state index contributed by atoms with van der Waals surface area (Å²) in [4.78, 5) is 35.6. The number of carboxylic acids is 1. The highest BCUT2D eigenvalue weighted by Crippen LogP contribution is 2.40. The van der Waals surface area contributed by atoms with E-state index in [1.54, 1.807) is 24.3 Å². The fourth-order valence-electron chi connectivity index (χ4n) is 2.09. The Labute approximate surface area is 142 Å². The van der Waals surface area contributed by atoms with Gasteiger partial charge in [0.2, 0.25) is 0 Å². The second-order valence-electron chi connectivity index (χ2n) is 4.71. The first kappa shape index (κ1) is 16.4. The molecular weight excluding hydrogens is 354 g/mol. The number of aromatic nitrogens is 1. The molecule has 0 amide bonds. The third kappa shape index (κ3) is 3.12. The van der Waals surface area contributed by atoms with Crippen molar-refractivity contribution >= 4 is 40.2 Å². The molecule has 10 nitrogen and oxygen atoms in total. The van der Waals surface area contributed by atoms with Crippen LogP contribution in [0.1, 0.15) is 10.4 Å². The van der Waals surface area contributed by atoms with E-state index in [1.165, 1.54) is 0 Å². The van der Waals surface area contributed by atoms with E-state index in [0.29, 0.717) is 28.9 Å². The van der Waals surface area contributed by atoms with E-state index in [-0.39, 0.29) is 10.1 Å². The van der Waals surface area contributed by atoms with Crippen molar-refractivity contribution in [2.24, 2.45) is 0 Å². The molecule has 0 unspecified atom stereocenters. The molecule has 1 aromatic heterocycles. The number of fused-ring (bicyclic) bond motifs is 1. The van der Waals surface area contributed by atoms with E-state index >= 15 is 0 Å². The zero-order valence-corrected chi connectivity index (χ0v) is 12.9. The van der Waals surface area contributed by atoms with E-state index in [1.807, 2.05) is 0 Å². The van der Waals surface area contributed by atoms with Gasteiger partial charge < -0.3 is 9.52 Å². The summed E-state index contributed by atoms with van der Waals surface area (Å²) in [6, 6.07) is 8.19. The topological polar surface area (TPSA) is 150 Å². The Morgan fingerprint density at radius 3 is 2.48 bits per heavy atom. The molecule has 3 rings (SSSR count). The molecule has 126 valence electrons. The molecule has 0 aliphatic heterocycles. The third-order valence-electron chi connectivity index (χ3n) is 3.16. The van der Waals surface area contributed by atoms with Crippen LogP contribution >= 0.6 is 11.8 Å². The Morgan fingerprint density at radius 1 is 1.16 bits per heavy atom. The van der Waals surface area contributed by atoms with Gasteiger partial charge in [0, 0.05) is 6.07 Å². The van der Waals surface area contributed by atoms with Gasteiger partial charge in [0.25, 0.3) is 16.6 Å². The number of nitro groups is 2. The summed E-state index contributed by atoms with van der Waals surface area (Å²) in [5.41, 5.74) is -1.06. The number of carbonyl (C=O) groups is 1. The monoisotopic (exact) mass is 361 g/mol. The minimum atomic E-state index is -1.54. The number of hydrogen-bond donors (Lipinski definition) is 1. The molecule has 0 radical (unpaired) electrons. The maximum atomic E-state index is 11.4. The third-order valence-corrected chi connectivity index (χ3v) is 4.14. The highest BCUT2D eigenvalue weighted by molar-refractivity contribution is 7.99. The van der Waals surface area contributed by atoms with Crippen LogP contribution < -0.4 is 0 Å². The molecule has 2 aromatic carbocycles. The lowest BCUT2D eigenvalue weighted by Crippen LogP contribution is -2.04. The smallest absolute Gasteiger partial charge is 0.337 e. The van der Waals surface area contributed by atoms with Gasteiger partial charge in [0.05, 0.1) is 21.5 Å². The number of non-ortho nitro benzene ring substituents is 1. The number of rotatable bonds is 5. The molecule has 1 heterocycles. The maximum Gasteiger partial charge on any atom is 0.337 e. The normalized spacial score (nSPS) is 10.7. The van der Waals surface area contributed by atoms with Gasteiger partial charge in [-0.2, -0.15) is 0 Å². The van der Waals surface area contributed by atoms with Crippen LogP contribution in [0.5, 0.6) is 0 Å². The first-order valence-electron chi connectivity index (χ1n) is 6.60. The van der Waals surface area contributed by atoms with Gasteiger partial charge in [-0.1, -0.05) is 12.1 Å². The molecule has 0 saturated carbocycles. The number of carboxylic acid groups (broad SMARTS) is 1. The quantitative estimate of drug-likeness (QED) is 0.532. The van der Waals surface area contributed by atoms with Crippen LogP contribution in [0.15, 0.2) is 50.9 Å². The Morgan fingerprint density at radius 2 is 1.88 bits per heavy atom. The average molecular weight is 361 g/mol. The van der Waals surface area contributed by atoms with Gasteiger partial charge in [0.15, 0.2) is 5.58 Å². The molecule has 0 spiro atoms. The van der Waals surface area contributed by atoms with E-state index in [2.05, 4.69) is 4.98 Å². The van der Waals surface area contributed by atoms with Crippen LogP contribution in [0.2, 0.25) is 0 Å². The zero-order chi connectivity index (χ0) is 18.1. The summed E-state index contributed by atoms with van der Waals surface area (Å²) < 4.78 is 5.42. The molecule has 3 aromatic rings. The van der Waals surface area contributed by atoms with Crippen molar-refractivity contribution in [2.75, 3.05) is 0 Å². The SMILES string of the molecule is O=C(O)c1cc([N+](=O)[O-])cc([N+](=O)[O-])c1Sc1nc2ccccc2o1. The summed E-state index contributed by atoms with van der Waals surface area (Å²) >= 11 is 0.621. The van der Waals surface area contributed by atoms with Crippen LogP contribution in [0.25, 0.3) is 11.1 Å². The van der Waals surface area contributed by atoms with Crippen molar-refractivity contribution in [1.82, 2.24) is 4.98 Å². The molecule has 0 saturated heterocycles. The molecule has 0 bridgehead atoms. The van der Waals surface area contributed by atoms with Gasteiger partial charge in [0.1, 0.15) is 10.4 Å². The predicted octanol–water partition coefficient (Wildman–Crippen LogP) is 3.49. The van der Waals surface area contributed by atoms with Crippen LogP contribution in [-0.2, 0) is 0 Å². The number of hydrogen-bond acceptors (Lipinski definition) is 8. The molecule has 0 atom stereocenters. The zero-order valence-electron chi connectivity index (χ0n) is 12.1. The van der Waals surface area contributed by atoms with Crippen molar-refractivity contribution < 1.29 is 24.2 Å². The van der Waals surface area contributed by atoms with E-state index < -0.39 is 32.8 Å². The highest BCUT2D eigenvalue weighted by Gasteiger charge is 2.29. The fraction of sp³-hybridized carbons (Fsp3) is 0. The number of nitrogens with zero attached hydrogens (tertiary/aromatic N) is 3. The summed E-state index contributed by atoms with van der Waals surface area (Å²) in [5.74, 6) is -1.54. The van der Waals surface area contributed by atoms with Gasteiger partial charge in [-0.05, 0) is 23.9 Å². The van der Waals surface area contributed by atoms with Crippen molar-refractivity contribution in [3.8, 4) is 0 Å². The standard InChI is InChI=1S/C14H7N3O7S/c18-13(19)8-5-7(16(20)21)6-10(17(22)23)12(8)25-14-15-9-3-1-2-4-11(9)24-14/h1-6H,(H,18,19). The van der Waals surface area contributed by atoms with Crippen LogP contribution in [0.4, 0.5) is 11.4 Å². The Kier molecular flexibility index (Phi) is 4.07. The van der Waals surface area contributed by atoms with Gasteiger partial charge in [-0.15, -0.1) is 0 Å². The van der Waals surface area contributed by atoms with Crippen molar-refractivity contribution in [3.63, 3.8) is 0 Å². The molecule has 11 heteroatoms. The maximum absolute atomic E-state index is 11.4. The molecule has 0 aliphatic carbocycles. The lowest BCUT2D eigenvalue weighted by molar-refractivity contribution is -0.396. The Balaban J connectivity index is 2.17. The minimum absolute atomic E-state index is 0.0133. The van der Waals surface area contributed by atoms with Crippen molar-refractivity contribution in [2.45, 2.75) is 10.1 Å². The van der Waals surface area contributed by atoms with Crippen LogP contribution in [-0.4, -0.2) is 25.9 Å². The lowest BCUT2D eigenvalue weighted by Gasteiger charge is -2.04. The molecule has 1 N–H and O–H groups in total. The Hall–Kier alpha value is -3.47. The van der Waals surface area contributed by atoms with E-state index in [4.69, 9.17) is 4.42 Å². The number of para-hydroxylation sites is 2. The number of benzene rings is 2. The summed E-state index contributed by atoms with van der Waals surface area (Å²) in [6.45, 7) is 0. The first-order chi connectivity index (χ1) is 11.9. The summed E-state index contributed by atoms with van der Waals surface area (Å²) in [7, 11) is 0. The minimum Gasteiger partial charge on any atom is -0.478 e. The fourth-order valence-corrected chi connectivity index (χ4v) is 3.03. The van der Waals surface area contributed by atoms with Crippen molar-refractivity contribution in [1.29, 1.82) is 0 Å². The number of nitro benzene ring substituents is 2. The average Bonchev–Trinajstić information content (AvgIpc) is 2.96. The largest absolute Gasteiger partial charge is 0.478 e. The van der Waals surface area contributed by atoms with Crippen LogP contribution in [0.3, 0.4) is 0 Å². The predicted molar refractivity (Wildman–Crippen MR) is 84.8 cm³/mol. The second-order valence-corrected chi connectivity index (χ2v) is 5.67. The van der Waals surface area contributed by atoms with Gasteiger partial charge in [-0.25, -0.2) is 9.78 Å². The highest BCUT2D eigenvalue weighted by atomic mass is 32.2. The first-order valence-corrected chi connectivity index (χ1v) is 7.42. The van der Waals surface area contributed by atoms with E-state index in [0.717, 1.165) is 6.07 Å². The number of oxazole rings is 1.